The molecule has 0 aliphatic heterocycles. The van der Waals surface area contributed by atoms with Crippen molar-refractivity contribution in [2.24, 2.45) is 0 Å². The zero-order chi connectivity index (χ0) is 19.7. The van der Waals surface area contributed by atoms with Crippen LogP contribution < -0.4 is 9.04 Å². The summed E-state index contributed by atoms with van der Waals surface area (Å²) >= 11 is 0. The molecule has 26 heavy (non-hydrogen) atoms. The molecular formula is C16H17NO7S2. The minimum Gasteiger partial charge on any atom is -0.495 e. The van der Waals surface area contributed by atoms with Gasteiger partial charge in [-0.2, -0.15) is 0 Å². The number of hydrogen-bond acceptors (Lipinski definition) is 6. The summed E-state index contributed by atoms with van der Waals surface area (Å²) in [5.41, 5.74) is 0.00498. The van der Waals surface area contributed by atoms with Gasteiger partial charge in [-0.05, 0) is 42.5 Å². The summed E-state index contributed by atoms with van der Waals surface area (Å²) in [6.45, 7) is 0. The van der Waals surface area contributed by atoms with Crippen molar-refractivity contribution in [2.45, 2.75) is 9.79 Å². The first-order valence-corrected chi connectivity index (χ1v) is 10.5. The summed E-state index contributed by atoms with van der Waals surface area (Å²) in [5.74, 6) is -1.28. The molecular weight excluding hydrogens is 382 g/mol. The molecule has 8 nitrogen and oxygen atoms in total. The fraction of sp³-hybridized carbons (Fsp3) is 0.188. The average molecular weight is 399 g/mol. The first-order chi connectivity index (χ1) is 12.0. The van der Waals surface area contributed by atoms with Crippen LogP contribution in [0.4, 0.5) is 5.69 Å². The molecule has 0 amide bonds. The second-order valence-corrected chi connectivity index (χ2v) is 9.36. The Labute approximate surface area is 151 Å². The van der Waals surface area contributed by atoms with Gasteiger partial charge in [-0.3, -0.25) is 4.31 Å². The normalized spacial score (nSPS) is 11.8. The quantitative estimate of drug-likeness (QED) is 0.784. The first-order valence-electron chi connectivity index (χ1n) is 7.19. The lowest BCUT2D eigenvalue weighted by molar-refractivity contribution is 0.0696. The minimum absolute atomic E-state index is 0.00499. The first kappa shape index (κ1) is 19.7. The standard InChI is InChI=1S/C16H17NO7S2/c1-17(12-5-7-13(8-6-12)25(3,20)21)26(22,23)15-10-11(16(18)19)4-9-14(15)24-2/h4-10H,1-3H3,(H,18,19). The van der Waals surface area contributed by atoms with Crippen LogP contribution in [-0.2, 0) is 19.9 Å². The third kappa shape index (κ3) is 3.81. The smallest absolute Gasteiger partial charge is 0.335 e. The molecule has 2 rings (SSSR count). The molecule has 0 atom stereocenters. The van der Waals surface area contributed by atoms with Crippen LogP contribution in [0.25, 0.3) is 0 Å². The Morgan fingerprint density at radius 1 is 1.04 bits per heavy atom. The van der Waals surface area contributed by atoms with Crippen LogP contribution in [0.5, 0.6) is 5.75 Å². The van der Waals surface area contributed by atoms with E-state index in [9.17, 15) is 21.6 Å². The zero-order valence-corrected chi connectivity index (χ0v) is 15.8. The number of carboxylic acids is 1. The van der Waals surface area contributed by atoms with Gasteiger partial charge in [0, 0.05) is 13.3 Å². The number of methoxy groups -OCH3 is 1. The second-order valence-electron chi connectivity index (χ2n) is 5.41. The fourth-order valence-electron chi connectivity index (χ4n) is 2.20. The monoisotopic (exact) mass is 399 g/mol. The highest BCUT2D eigenvalue weighted by Crippen LogP contribution is 2.30. The van der Waals surface area contributed by atoms with E-state index >= 15 is 0 Å². The van der Waals surface area contributed by atoms with E-state index in [0.717, 1.165) is 16.6 Å². The Kier molecular flexibility index (Phi) is 5.28. The topological polar surface area (TPSA) is 118 Å². The molecule has 1 N–H and O–H groups in total. The maximum absolute atomic E-state index is 12.9. The molecule has 10 heteroatoms. The molecule has 0 bridgehead atoms. The van der Waals surface area contributed by atoms with Gasteiger partial charge in [0.25, 0.3) is 10.0 Å². The van der Waals surface area contributed by atoms with Crippen molar-refractivity contribution in [1.29, 1.82) is 0 Å². The van der Waals surface area contributed by atoms with Gasteiger partial charge in [0.15, 0.2) is 9.84 Å². The molecule has 2 aromatic carbocycles. The number of hydrogen-bond donors (Lipinski definition) is 1. The SMILES string of the molecule is COc1ccc(C(=O)O)cc1S(=O)(=O)N(C)c1ccc(S(C)(=O)=O)cc1. The third-order valence-corrected chi connectivity index (χ3v) is 6.61. The number of nitrogens with zero attached hydrogens (tertiary/aromatic N) is 1. The molecule has 0 unspecified atom stereocenters. The summed E-state index contributed by atoms with van der Waals surface area (Å²) in [5, 5.41) is 9.09. The van der Waals surface area contributed by atoms with E-state index in [1.165, 1.54) is 50.6 Å². The minimum atomic E-state index is -4.14. The van der Waals surface area contributed by atoms with Gasteiger partial charge in [0.2, 0.25) is 0 Å². The second kappa shape index (κ2) is 6.96. The lowest BCUT2D eigenvalue weighted by Gasteiger charge is -2.21. The molecule has 140 valence electrons. The van der Waals surface area contributed by atoms with Crippen molar-refractivity contribution in [3.8, 4) is 5.75 Å². The maximum Gasteiger partial charge on any atom is 0.335 e. The van der Waals surface area contributed by atoms with E-state index in [1.54, 1.807) is 0 Å². The highest BCUT2D eigenvalue weighted by Gasteiger charge is 2.27. The number of carbonyl (C=O) groups is 1. The molecule has 0 aromatic heterocycles. The van der Waals surface area contributed by atoms with Crippen LogP contribution in [0, 0.1) is 0 Å². The Morgan fingerprint density at radius 2 is 1.62 bits per heavy atom. The van der Waals surface area contributed by atoms with E-state index in [0.29, 0.717) is 0 Å². The lowest BCUT2D eigenvalue weighted by atomic mass is 10.2. The van der Waals surface area contributed by atoms with Gasteiger partial charge in [-0.25, -0.2) is 21.6 Å². The molecule has 0 spiro atoms. The van der Waals surface area contributed by atoms with Crippen molar-refractivity contribution < 1.29 is 31.5 Å². The maximum atomic E-state index is 12.9. The average Bonchev–Trinajstić information content (AvgIpc) is 2.59. The molecule has 0 fully saturated rings. The van der Waals surface area contributed by atoms with Gasteiger partial charge >= 0.3 is 5.97 Å². The number of sulfone groups is 1. The van der Waals surface area contributed by atoms with E-state index < -0.39 is 25.8 Å². The Balaban J connectivity index is 2.53. The third-order valence-electron chi connectivity index (χ3n) is 3.68. The number of rotatable bonds is 6. The van der Waals surface area contributed by atoms with Gasteiger partial charge < -0.3 is 9.84 Å². The van der Waals surface area contributed by atoms with Gasteiger partial charge in [-0.1, -0.05) is 0 Å². The summed E-state index contributed by atoms with van der Waals surface area (Å²) in [6.07, 6.45) is 1.05. The van der Waals surface area contributed by atoms with Crippen molar-refractivity contribution in [3.05, 3.63) is 48.0 Å². The van der Waals surface area contributed by atoms with E-state index in [4.69, 9.17) is 9.84 Å². The van der Waals surface area contributed by atoms with Crippen molar-refractivity contribution >= 4 is 31.5 Å². The van der Waals surface area contributed by atoms with Crippen molar-refractivity contribution in [1.82, 2.24) is 0 Å². The molecule has 0 radical (unpaired) electrons. The van der Waals surface area contributed by atoms with Gasteiger partial charge in [0.05, 0.1) is 23.3 Å². The lowest BCUT2D eigenvalue weighted by Crippen LogP contribution is -2.27. The largest absolute Gasteiger partial charge is 0.495 e. The molecule has 2 aromatic rings. The van der Waals surface area contributed by atoms with Crippen molar-refractivity contribution in [3.63, 3.8) is 0 Å². The Hall–Kier alpha value is -2.59. The summed E-state index contributed by atoms with van der Waals surface area (Å²) in [6, 6.07) is 8.79. The van der Waals surface area contributed by atoms with Crippen LogP contribution in [0.1, 0.15) is 10.4 Å². The predicted octanol–water partition coefficient (Wildman–Crippen LogP) is 1.62. The molecule has 0 aliphatic carbocycles. The van der Waals surface area contributed by atoms with Crippen LogP contribution in [0.15, 0.2) is 52.3 Å². The van der Waals surface area contributed by atoms with Crippen LogP contribution in [0.3, 0.4) is 0 Å². The number of aromatic carboxylic acids is 1. The Bertz CT molecular complexity index is 1040. The van der Waals surface area contributed by atoms with Crippen LogP contribution in [0.2, 0.25) is 0 Å². The number of ether oxygens (including phenoxy) is 1. The van der Waals surface area contributed by atoms with Crippen LogP contribution in [-0.4, -0.2) is 48.3 Å². The summed E-state index contributed by atoms with van der Waals surface area (Å²) < 4.78 is 54.8. The number of sulfonamides is 1. The molecule has 0 saturated carbocycles. The van der Waals surface area contributed by atoms with Crippen LogP contribution >= 0.6 is 0 Å². The molecule has 0 aliphatic rings. The molecule has 0 heterocycles. The Morgan fingerprint density at radius 3 is 2.08 bits per heavy atom. The highest BCUT2D eigenvalue weighted by molar-refractivity contribution is 7.93. The van der Waals surface area contributed by atoms with Gasteiger partial charge in [-0.15, -0.1) is 0 Å². The molecule has 0 saturated heterocycles. The predicted molar refractivity (Wildman–Crippen MR) is 95.1 cm³/mol. The van der Waals surface area contributed by atoms with Gasteiger partial charge in [0.1, 0.15) is 10.6 Å². The highest BCUT2D eigenvalue weighted by atomic mass is 32.2. The van der Waals surface area contributed by atoms with Crippen molar-refractivity contribution in [2.75, 3.05) is 24.7 Å². The number of carboxylic acid groups (broad SMARTS) is 1. The number of benzene rings is 2. The summed E-state index contributed by atoms with van der Waals surface area (Å²) in [4.78, 5) is 10.9. The van der Waals surface area contributed by atoms with E-state index in [1.807, 2.05) is 0 Å². The fourth-order valence-corrected chi connectivity index (χ4v) is 4.21. The summed E-state index contributed by atoms with van der Waals surface area (Å²) in [7, 11) is -5.01. The van der Waals surface area contributed by atoms with E-state index in [2.05, 4.69) is 0 Å². The zero-order valence-electron chi connectivity index (χ0n) is 14.2. The number of anilines is 1. The van der Waals surface area contributed by atoms with E-state index in [-0.39, 0.29) is 26.8 Å².